The highest BCUT2D eigenvalue weighted by Crippen LogP contribution is 2.13. The van der Waals surface area contributed by atoms with Gasteiger partial charge in [-0.15, -0.1) is 24.0 Å². The van der Waals surface area contributed by atoms with Crippen LogP contribution in [0.2, 0.25) is 0 Å². The van der Waals surface area contributed by atoms with Crippen LogP contribution in [0, 0.1) is 0 Å². The Morgan fingerprint density at radius 1 is 1.04 bits per heavy atom. The monoisotopic (exact) mass is 510 g/mol. The van der Waals surface area contributed by atoms with Crippen LogP contribution in [0.4, 0.5) is 0 Å². The molecule has 2 aromatic heterocycles. The van der Waals surface area contributed by atoms with Crippen molar-refractivity contribution in [3.8, 4) is 0 Å². The summed E-state index contributed by atoms with van der Waals surface area (Å²) in [4.78, 5) is 6.57. The van der Waals surface area contributed by atoms with E-state index in [1.54, 1.807) is 24.6 Å². The molecule has 2 heterocycles. The molecule has 2 N–H and O–H groups in total. The van der Waals surface area contributed by atoms with Gasteiger partial charge in [0.05, 0.1) is 12.8 Å². The Morgan fingerprint density at radius 2 is 1.82 bits per heavy atom. The first kappa shape index (κ1) is 22.4. The van der Waals surface area contributed by atoms with Crippen LogP contribution in [0.25, 0.3) is 0 Å². The van der Waals surface area contributed by atoms with Crippen molar-refractivity contribution < 1.29 is 4.42 Å². The molecule has 0 radical (unpaired) electrons. The summed E-state index contributed by atoms with van der Waals surface area (Å²) in [7, 11) is 3.90. The number of aliphatic imine (C=N–C) groups is 1. The average Bonchev–Trinajstić information content (AvgIpc) is 3.37. The molecule has 3 rings (SSSR count). The molecule has 0 saturated heterocycles. The van der Waals surface area contributed by atoms with E-state index in [4.69, 9.17) is 4.42 Å². The third-order valence-corrected chi connectivity index (χ3v) is 5.01. The molecule has 150 valence electrons. The lowest BCUT2D eigenvalue weighted by Crippen LogP contribution is -2.36. The number of thiophene rings is 1. The number of guanidine groups is 1. The number of benzene rings is 1. The van der Waals surface area contributed by atoms with Crippen LogP contribution in [0.5, 0.6) is 0 Å². The van der Waals surface area contributed by atoms with E-state index in [1.807, 2.05) is 12.1 Å². The standard InChI is InChI=1S/C21H26N4OS.HI/c1-22-21(23-12-17-9-11-27-16-17)24-13-18-6-3-4-7-19(18)14-25(2)15-20-8-5-10-26-20;/h3-11,16H,12-15H2,1-2H3,(H2,22,23,24);1H. The fourth-order valence-electron chi connectivity index (χ4n) is 2.88. The molecule has 0 saturated carbocycles. The minimum Gasteiger partial charge on any atom is -0.468 e. The molecular formula is C21H27IN4OS. The van der Waals surface area contributed by atoms with Crippen LogP contribution < -0.4 is 10.6 Å². The maximum Gasteiger partial charge on any atom is 0.191 e. The van der Waals surface area contributed by atoms with E-state index in [1.165, 1.54) is 16.7 Å². The minimum absolute atomic E-state index is 0. The van der Waals surface area contributed by atoms with Crippen molar-refractivity contribution in [3.05, 3.63) is 81.9 Å². The van der Waals surface area contributed by atoms with Gasteiger partial charge in [-0.05, 0) is 52.7 Å². The molecule has 0 aliphatic heterocycles. The molecular weight excluding hydrogens is 483 g/mol. The summed E-state index contributed by atoms with van der Waals surface area (Å²) < 4.78 is 5.45. The highest BCUT2D eigenvalue weighted by molar-refractivity contribution is 14.0. The van der Waals surface area contributed by atoms with Gasteiger partial charge in [0, 0.05) is 26.7 Å². The van der Waals surface area contributed by atoms with Gasteiger partial charge < -0.3 is 15.1 Å². The summed E-state index contributed by atoms with van der Waals surface area (Å²) >= 11 is 1.71. The zero-order chi connectivity index (χ0) is 18.9. The number of rotatable bonds is 8. The molecule has 7 heteroatoms. The number of nitrogens with one attached hydrogen (secondary N) is 2. The predicted molar refractivity (Wildman–Crippen MR) is 127 cm³/mol. The third kappa shape index (κ3) is 6.96. The summed E-state index contributed by atoms with van der Waals surface area (Å²) in [5.74, 6) is 1.78. The molecule has 3 aromatic rings. The lowest BCUT2D eigenvalue weighted by Gasteiger charge is -2.19. The van der Waals surface area contributed by atoms with Gasteiger partial charge in [-0.1, -0.05) is 24.3 Å². The Kier molecular flexibility index (Phi) is 9.52. The van der Waals surface area contributed by atoms with Crippen molar-refractivity contribution >= 4 is 41.3 Å². The van der Waals surface area contributed by atoms with E-state index >= 15 is 0 Å². The van der Waals surface area contributed by atoms with Crippen molar-refractivity contribution in [1.82, 2.24) is 15.5 Å². The Bertz CT molecular complexity index is 834. The van der Waals surface area contributed by atoms with Crippen LogP contribution in [0.1, 0.15) is 22.5 Å². The molecule has 0 spiro atoms. The van der Waals surface area contributed by atoms with Gasteiger partial charge in [0.25, 0.3) is 0 Å². The first-order chi connectivity index (χ1) is 13.2. The second kappa shape index (κ2) is 11.9. The number of hydrogen-bond acceptors (Lipinski definition) is 4. The Labute approximate surface area is 187 Å². The second-order valence-corrected chi connectivity index (χ2v) is 7.21. The van der Waals surface area contributed by atoms with Gasteiger partial charge in [0.1, 0.15) is 5.76 Å². The Hall–Kier alpha value is -1.84. The molecule has 1 aromatic carbocycles. The van der Waals surface area contributed by atoms with E-state index < -0.39 is 0 Å². The first-order valence-corrected chi connectivity index (χ1v) is 9.92. The fourth-order valence-corrected chi connectivity index (χ4v) is 3.55. The maximum absolute atomic E-state index is 5.45. The highest BCUT2D eigenvalue weighted by atomic mass is 127. The zero-order valence-corrected chi connectivity index (χ0v) is 19.4. The van der Waals surface area contributed by atoms with Gasteiger partial charge in [-0.25, -0.2) is 0 Å². The van der Waals surface area contributed by atoms with E-state index in [-0.39, 0.29) is 24.0 Å². The maximum atomic E-state index is 5.45. The van der Waals surface area contributed by atoms with Crippen LogP contribution >= 0.6 is 35.3 Å². The van der Waals surface area contributed by atoms with E-state index in [9.17, 15) is 0 Å². The number of halogens is 1. The lowest BCUT2D eigenvalue weighted by molar-refractivity contribution is 0.287. The van der Waals surface area contributed by atoms with Gasteiger partial charge in [0.15, 0.2) is 5.96 Å². The largest absolute Gasteiger partial charge is 0.468 e. The van der Waals surface area contributed by atoms with Crippen LogP contribution in [-0.2, 0) is 26.2 Å². The Morgan fingerprint density at radius 3 is 2.50 bits per heavy atom. The number of nitrogens with zero attached hydrogens (tertiary/aromatic N) is 2. The van der Waals surface area contributed by atoms with Crippen molar-refractivity contribution in [2.45, 2.75) is 26.2 Å². The molecule has 0 aliphatic rings. The minimum atomic E-state index is 0. The molecule has 0 atom stereocenters. The summed E-state index contributed by atoms with van der Waals surface area (Å²) in [6.45, 7) is 3.16. The van der Waals surface area contributed by atoms with Crippen molar-refractivity contribution in [3.63, 3.8) is 0 Å². The molecule has 0 aliphatic carbocycles. The van der Waals surface area contributed by atoms with Gasteiger partial charge in [0.2, 0.25) is 0 Å². The van der Waals surface area contributed by atoms with Crippen LogP contribution in [0.15, 0.2) is 68.9 Å². The second-order valence-electron chi connectivity index (χ2n) is 6.43. The average molecular weight is 510 g/mol. The number of hydrogen-bond donors (Lipinski definition) is 2. The quantitative estimate of drug-likeness (QED) is 0.267. The topological polar surface area (TPSA) is 52.8 Å². The van der Waals surface area contributed by atoms with Crippen LogP contribution in [-0.4, -0.2) is 25.0 Å². The van der Waals surface area contributed by atoms with E-state index in [0.29, 0.717) is 0 Å². The molecule has 0 amide bonds. The molecule has 0 fully saturated rings. The zero-order valence-electron chi connectivity index (χ0n) is 16.2. The summed E-state index contributed by atoms with van der Waals surface area (Å²) in [5, 5.41) is 11.0. The normalized spacial score (nSPS) is 11.3. The van der Waals surface area contributed by atoms with Crippen molar-refractivity contribution in [2.75, 3.05) is 14.1 Å². The summed E-state index contributed by atoms with van der Waals surface area (Å²) in [6.07, 6.45) is 1.72. The van der Waals surface area contributed by atoms with Crippen LogP contribution in [0.3, 0.4) is 0 Å². The van der Waals surface area contributed by atoms with Crippen molar-refractivity contribution in [1.29, 1.82) is 0 Å². The first-order valence-electron chi connectivity index (χ1n) is 8.98. The Balaban J connectivity index is 0.00000280. The smallest absolute Gasteiger partial charge is 0.191 e. The lowest BCUT2D eigenvalue weighted by atomic mass is 10.1. The SMILES string of the molecule is CN=C(NCc1ccsc1)NCc1ccccc1CN(C)Cc1ccco1.I. The van der Waals surface area contributed by atoms with Gasteiger partial charge >= 0.3 is 0 Å². The molecule has 0 unspecified atom stereocenters. The third-order valence-electron chi connectivity index (χ3n) is 4.27. The summed E-state index contributed by atoms with van der Waals surface area (Å²) in [5.41, 5.74) is 3.83. The van der Waals surface area contributed by atoms with Gasteiger partial charge in [-0.3, -0.25) is 9.89 Å². The molecule has 28 heavy (non-hydrogen) atoms. The number of furan rings is 1. The van der Waals surface area contributed by atoms with E-state index in [2.05, 4.69) is 68.7 Å². The fraction of sp³-hybridized carbons (Fsp3) is 0.286. The van der Waals surface area contributed by atoms with Crippen molar-refractivity contribution in [2.24, 2.45) is 4.99 Å². The predicted octanol–water partition coefficient (Wildman–Crippen LogP) is 4.46. The van der Waals surface area contributed by atoms with Gasteiger partial charge in [-0.2, -0.15) is 11.3 Å². The summed E-state index contributed by atoms with van der Waals surface area (Å²) in [6, 6.07) is 14.6. The molecule has 5 nitrogen and oxygen atoms in total. The molecule has 0 bridgehead atoms. The van der Waals surface area contributed by atoms with E-state index in [0.717, 1.165) is 37.9 Å². The highest BCUT2D eigenvalue weighted by Gasteiger charge is 2.08.